The van der Waals surface area contributed by atoms with Gasteiger partial charge in [-0.15, -0.1) is 0 Å². The van der Waals surface area contributed by atoms with Gasteiger partial charge >= 0.3 is 0 Å². The molecule has 0 aliphatic carbocycles. The van der Waals surface area contributed by atoms with E-state index in [2.05, 4.69) is 5.10 Å². The van der Waals surface area contributed by atoms with Gasteiger partial charge in [0.1, 0.15) is 0 Å². The summed E-state index contributed by atoms with van der Waals surface area (Å²) in [5, 5.41) is 4.31. The van der Waals surface area contributed by atoms with E-state index < -0.39 is 0 Å². The first kappa shape index (κ1) is 9.35. The summed E-state index contributed by atoms with van der Waals surface area (Å²) in [6.45, 7) is 3.98. The minimum Gasteiger partial charge on any atom is -0.395 e. The number of rotatable bonds is 4. The molecule has 0 fully saturated rings. The third-order valence-corrected chi connectivity index (χ3v) is 1.71. The summed E-state index contributed by atoms with van der Waals surface area (Å²) in [5.41, 5.74) is 6.00. The maximum Gasteiger partial charge on any atom is 0.173 e. The summed E-state index contributed by atoms with van der Waals surface area (Å²) in [6.07, 6.45) is 1.70. The Morgan fingerprint density at radius 1 is 1.75 bits per heavy atom. The second-order valence-electron chi connectivity index (χ2n) is 2.34. The molecule has 0 saturated heterocycles. The standard InChI is InChI=1S/C7H12ClN3O/c1-2-12-4-3-11-5-6(9)7(8)10-11/h5H,2-4,9H2,1H3. The highest BCUT2D eigenvalue weighted by Gasteiger charge is 2.01. The molecule has 1 aromatic rings. The van der Waals surface area contributed by atoms with Crippen LogP contribution in [-0.4, -0.2) is 23.0 Å². The fourth-order valence-electron chi connectivity index (χ4n) is 0.830. The van der Waals surface area contributed by atoms with Gasteiger partial charge in [0.25, 0.3) is 0 Å². The summed E-state index contributed by atoms with van der Waals surface area (Å²) < 4.78 is 6.82. The normalized spacial score (nSPS) is 10.5. The molecule has 0 bridgehead atoms. The highest BCUT2D eigenvalue weighted by Crippen LogP contribution is 2.14. The Balaban J connectivity index is 2.42. The fraction of sp³-hybridized carbons (Fsp3) is 0.571. The second-order valence-corrected chi connectivity index (χ2v) is 2.69. The Morgan fingerprint density at radius 3 is 3.00 bits per heavy atom. The molecule has 1 rings (SSSR count). The van der Waals surface area contributed by atoms with Gasteiger partial charge in [0.05, 0.1) is 18.8 Å². The maximum atomic E-state index is 5.64. The average Bonchev–Trinajstić information content (AvgIpc) is 2.32. The zero-order valence-corrected chi connectivity index (χ0v) is 7.71. The Kier molecular flexibility index (Phi) is 3.37. The van der Waals surface area contributed by atoms with Crippen LogP contribution in [0.15, 0.2) is 6.20 Å². The van der Waals surface area contributed by atoms with Gasteiger partial charge in [-0.05, 0) is 6.92 Å². The largest absolute Gasteiger partial charge is 0.395 e. The number of hydrogen-bond donors (Lipinski definition) is 1. The molecule has 0 unspecified atom stereocenters. The van der Waals surface area contributed by atoms with Crippen LogP contribution >= 0.6 is 11.6 Å². The number of hydrogen-bond acceptors (Lipinski definition) is 3. The smallest absolute Gasteiger partial charge is 0.173 e. The first-order chi connectivity index (χ1) is 5.74. The van der Waals surface area contributed by atoms with Crippen LogP contribution in [0.25, 0.3) is 0 Å². The van der Waals surface area contributed by atoms with E-state index >= 15 is 0 Å². The molecule has 0 aromatic carbocycles. The quantitative estimate of drug-likeness (QED) is 0.724. The summed E-state index contributed by atoms with van der Waals surface area (Å²) in [6, 6.07) is 0. The van der Waals surface area contributed by atoms with Gasteiger partial charge in [-0.3, -0.25) is 4.68 Å². The molecule has 0 saturated carbocycles. The van der Waals surface area contributed by atoms with E-state index in [0.29, 0.717) is 30.6 Å². The third-order valence-electron chi connectivity index (χ3n) is 1.41. The van der Waals surface area contributed by atoms with Crippen molar-refractivity contribution >= 4 is 17.3 Å². The van der Waals surface area contributed by atoms with Crippen molar-refractivity contribution in [3.8, 4) is 0 Å². The molecular formula is C7H12ClN3O. The fourth-order valence-corrected chi connectivity index (χ4v) is 0.976. The predicted molar refractivity (Wildman–Crippen MR) is 48.1 cm³/mol. The van der Waals surface area contributed by atoms with Gasteiger partial charge in [-0.1, -0.05) is 11.6 Å². The molecule has 2 N–H and O–H groups in total. The molecule has 5 heteroatoms. The summed E-state index contributed by atoms with van der Waals surface area (Å²) in [5.74, 6) is 0. The summed E-state index contributed by atoms with van der Waals surface area (Å²) in [7, 11) is 0. The molecule has 0 spiro atoms. The number of aromatic nitrogens is 2. The Labute approximate surface area is 76.3 Å². The van der Waals surface area contributed by atoms with Crippen molar-refractivity contribution in [3.63, 3.8) is 0 Å². The van der Waals surface area contributed by atoms with Crippen molar-refractivity contribution in [2.24, 2.45) is 0 Å². The topological polar surface area (TPSA) is 53.1 Å². The van der Waals surface area contributed by atoms with Crippen LogP contribution in [0.1, 0.15) is 6.92 Å². The molecule has 0 atom stereocenters. The van der Waals surface area contributed by atoms with E-state index in [9.17, 15) is 0 Å². The summed E-state index contributed by atoms with van der Waals surface area (Å²) >= 11 is 5.64. The SMILES string of the molecule is CCOCCn1cc(N)c(Cl)n1. The van der Waals surface area contributed by atoms with Crippen molar-refractivity contribution in [3.05, 3.63) is 11.3 Å². The van der Waals surface area contributed by atoms with Crippen molar-refractivity contribution in [1.29, 1.82) is 0 Å². The Morgan fingerprint density at radius 2 is 2.50 bits per heavy atom. The van der Waals surface area contributed by atoms with E-state index in [1.807, 2.05) is 6.92 Å². The maximum absolute atomic E-state index is 5.64. The first-order valence-electron chi connectivity index (χ1n) is 3.80. The molecule has 1 heterocycles. The van der Waals surface area contributed by atoms with Crippen LogP contribution in [0.4, 0.5) is 5.69 Å². The molecule has 68 valence electrons. The van der Waals surface area contributed by atoms with Gasteiger partial charge in [0.15, 0.2) is 5.15 Å². The Hall–Kier alpha value is -0.740. The number of anilines is 1. The van der Waals surface area contributed by atoms with Crippen LogP contribution in [0.5, 0.6) is 0 Å². The minimum absolute atomic E-state index is 0.353. The number of nitrogen functional groups attached to an aromatic ring is 1. The predicted octanol–water partition coefficient (Wildman–Crippen LogP) is 1.16. The lowest BCUT2D eigenvalue weighted by atomic mass is 10.6. The van der Waals surface area contributed by atoms with E-state index in [1.54, 1.807) is 10.9 Å². The molecule has 0 aliphatic rings. The molecule has 0 radical (unpaired) electrons. The summed E-state index contributed by atoms with van der Waals surface area (Å²) in [4.78, 5) is 0. The van der Waals surface area contributed by atoms with Crippen LogP contribution in [0, 0.1) is 0 Å². The van der Waals surface area contributed by atoms with Crippen molar-refractivity contribution in [2.75, 3.05) is 18.9 Å². The van der Waals surface area contributed by atoms with Crippen molar-refractivity contribution in [1.82, 2.24) is 9.78 Å². The zero-order valence-electron chi connectivity index (χ0n) is 6.96. The first-order valence-corrected chi connectivity index (χ1v) is 4.18. The molecule has 1 aromatic heterocycles. The van der Waals surface area contributed by atoms with Gasteiger partial charge < -0.3 is 10.5 Å². The van der Waals surface area contributed by atoms with E-state index in [-0.39, 0.29) is 0 Å². The Bertz CT molecular complexity index is 229. The van der Waals surface area contributed by atoms with E-state index in [0.717, 1.165) is 0 Å². The van der Waals surface area contributed by atoms with Crippen molar-refractivity contribution < 1.29 is 4.74 Å². The lowest BCUT2D eigenvalue weighted by Gasteiger charge is -2.00. The molecule has 0 amide bonds. The van der Waals surface area contributed by atoms with E-state index in [1.165, 1.54) is 0 Å². The number of nitrogens with two attached hydrogens (primary N) is 1. The van der Waals surface area contributed by atoms with Gasteiger partial charge in [0.2, 0.25) is 0 Å². The van der Waals surface area contributed by atoms with Crippen LogP contribution in [0.3, 0.4) is 0 Å². The zero-order chi connectivity index (χ0) is 8.97. The van der Waals surface area contributed by atoms with E-state index in [4.69, 9.17) is 22.1 Å². The lowest BCUT2D eigenvalue weighted by Crippen LogP contribution is -2.05. The number of halogens is 1. The molecule has 12 heavy (non-hydrogen) atoms. The monoisotopic (exact) mass is 189 g/mol. The van der Waals surface area contributed by atoms with Crippen LogP contribution < -0.4 is 5.73 Å². The van der Waals surface area contributed by atoms with Gasteiger partial charge in [-0.2, -0.15) is 5.10 Å². The average molecular weight is 190 g/mol. The van der Waals surface area contributed by atoms with Gasteiger partial charge in [-0.25, -0.2) is 0 Å². The highest BCUT2D eigenvalue weighted by molar-refractivity contribution is 6.31. The van der Waals surface area contributed by atoms with Crippen LogP contribution in [0.2, 0.25) is 5.15 Å². The molecule has 4 nitrogen and oxygen atoms in total. The lowest BCUT2D eigenvalue weighted by molar-refractivity contribution is 0.136. The second kappa shape index (κ2) is 4.33. The number of ether oxygens (including phenoxy) is 1. The third kappa shape index (κ3) is 2.39. The molecule has 0 aliphatic heterocycles. The highest BCUT2D eigenvalue weighted by atomic mass is 35.5. The van der Waals surface area contributed by atoms with Crippen LogP contribution in [-0.2, 0) is 11.3 Å². The van der Waals surface area contributed by atoms with Crippen molar-refractivity contribution in [2.45, 2.75) is 13.5 Å². The number of nitrogens with zero attached hydrogens (tertiary/aromatic N) is 2. The van der Waals surface area contributed by atoms with Gasteiger partial charge in [0, 0.05) is 12.8 Å². The minimum atomic E-state index is 0.353. The molecular weight excluding hydrogens is 178 g/mol.